The third-order valence-corrected chi connectivity index (χ3v) is 7.25. The van der Waals surface area contributed by atoms with Crippen LogP contribution >= 0.6 is 0 Å². The number of rotatable bonds is 7. The standard InChI is InChI=1S/C28H34F2N2O3/c1-2-28(34)35-17-13-20-11-15-31(16-12-20)19-27(33)32-14-3-4-24(21-5-7-22(29)8-6-21)25-10-9-23(30)18-26(25)32/h5-10,18,20,24H,2-4,11-17,19H2,1H3. The number of hydrogen-bond donors (Lipinski definition) is 0. The van der Waals surface area contributed by atoms with Crippen LogP contribution in [0.1, 0.15) is 62.5 Å². The largest absolute Gasteiger partial charge is 0.466 e. The predicted octanol–water partition coefficient (Wildman–Crippen LogP) is 5.28. The van der Waals surface area contributed by atoms with Gasteiger partial charge in [-0.25, -0.2) is 8.78 Å². The minimum absolute atomic E-state index is 0.0125. The summed E-state index contributed by atoms with van der Waals surface area (Å²) in [6.07, 6.45) is 4.78. The maximum Gasteiger partial charge on any atom is 0.305 e. The summed E-state index contributed by atoms with van der Waals surface area (Å²) in [5, 5.41) is 0. The van der Waals surface area contributed by atoms with Crippen molar-refractivity contribution in [1.82, 2.24) is 4.90 Å². The lowest BCUT2D eigenvalue weighted by Crippen LogP contribution is -2.44. The number of carbonyl (C=O) groups is 2. The summed E-state index contributed by atoms with van der Waals surface area (Å²) in [7, 11) is 0. The fourth-order valence-corrected chi connectivity index (χ4v) is 5.23. The van der Waals surface area contributed by atoms with Crippen molar-refractivity contribution < 1.29 is 23.1 Å². The normalized spacial score (nSPS) is 19.2. The van der Waals surface area contributed by atoms with E-state index in [1.807, 2.05) is 0 Å². The molecule has 188 valence electrons. The molecule has 0 spiro atoms. The molecule has 1 saturated heterocycles. The van der Waals surface area contributed by atoms with Gasteiger partial charge in [0, 0.05) is 18.9 Å². The molecule has 0 N–H and O–H groups in total. The number of amides is 1. The zero-order chi connectivity index (χ0) is 24.8. The minimum Gasteiger partial charge on any atom is -0.466 e. The van der Waals surface area contributed by atoms with E-state index in [-0.39, 0.29) is 29.4 Å². The Kier molecular flexibility index (Phi) is 8.50. The number of likely N-dealkylation sites (tertiary alicyclic amines) is 1. The summed E-state index contributed by atoms with van der Waals surface area (Å²) in [5.74, 6) is -0.358. The molecule has 0 aliphatic carbocycles. The van der Waals surface area contributed by atoms with Gasteiger partial charge in [-0.3, -0.25) is 14.5 Å². The van der Waals surface area contributed by atoms with E-state index in [1.165, 1.54) is 24.3 Å². The Labute approximate surface area is 206 Å². The van der Waals surface area contributed by atoms with E-state index >= 15 is 0 Å². The monoisotopic (exact) mass is 484 g/mol. The Hall–Kier alpha value is -2.80. The van der Waals surface area contributed by atoms with E-state index in [0.29, 0.717) is 37.7 Å². The molecule has 2 aromatic carbocycles. The molecular weight excluding hydrogens is 450 g/mol. The van der Waals surface area contributed by atoms with Crippen LogP contribution < -0.4 is 4.90 Å². The molecular formula is C28H34F2N2O3. The van der Waals surface area contributed by atoms with Crippen LogP contribution in [0.3, 0.4) is 0 Å². The second-order valence-corrected chi connectivity index (χ2v) is 9.58. The molecule has 1 atom stereocenters. The number of esters is 1. The van der Waals surface area contributed by atoms with E-state index in [0.717, 1.165) is 56.3 Å². The first kappa shape index (κ1) is 25.3. The van der Waals surface area contributed by atoms with Crippen LogP contribution in [0.4, 0.5) is 14.5 Å². The number of piperidine rings is 1. The van der Waals surface area contributed by atoms with Crippen LogP contribution in [-0.2, 0) is 14.3 Å². The zero-order valence-corrected chi connectivity index (χ0v) is 20.3. The quantitative estimate of drug-likeness (QED) is 0.502. The Balaban J connectivity index is 1.40. The van der Waals surface area contributed by atoms with E-state index in [4.69, 9.17) is 4.74 Å². The Morgan fingerprint density at radius 2 is 1.69 bits per heavy atom. The van der Waals surface area contributed by atoms with Crippen molar-refractivity contribution in [2.75, 3.05) is 37.7 Å². The molecule has 4 rings (SSSR count). The zero-order valence-electron chi connectivity index (χ0n) is 20.3. The topological polar surface area (TPSA) is 49.9 Å². The van der Waals surface area contributed by atoms with Crippen LogP contribution in [-0.4, -0.2) is 49.6 Å². The van der Waals surface area contributed by atoms with Crippen molar-refractivity contribution in [3.63, 3.8) is 0 Å². The van der Waals surface area contributed by atoms with Crippen LogP contribution in [0.5, 0.6) is 0 Å². The maximum atomic E-state index is 14.3. The van der Waals surface area contributed by atoms with Gasteiger partial charge >= 0.3 is 5.97 Å². The van der Waals surface area contributed by atoms with E-state index in [9.17, 15) is 18.4 Å². The lowest BCUT2D eigenvalue weighted by atomic mass is 9.87. The van der Waals surface area contributed by atoms with Gasteiger partial charge in [0.05, 0.1) is 18.8 Å². The fraction of sp³-hybridized carbons (Fsp3) is 0.500. The van der Waals surface area contributed by atoms with Gasteiger partial charge in [-0.05, 0) is 86.5 Å². The SMILES string of the molecule is CCC(=O)OCCC1CCN(CC(=O)N2CCCC(c3ccc(F)cc3)c3ccc(F)cc32)CC1. The first-order valence-corrected chi connectivity index (χ1v) is 12.7. The molecule has 0 radical (unpaired) electrons. The lowest BCUT2D eigenvalue weighted by molar-refractivity contribution is -0.143. The molecule has 0 saturated carbocycles. The third kappa shape index (κ3) is 6.45. The number of hydrogen-bond acceptors (Lipinski definition) is 4. The van der Waals surface area contributed by atoms with Gasteiger partial charge in [-0.1, -0.05) is 25.1 Å². The molecule has 1 unspecified atom stereocenters. The molecule has 0 aromatic heterocycles. The second-order valence-electron chi connectivity index (χ2n) is 9.58. The molecule has 5 nitrogen and oxygen atoms in total. The lowest BCUT2D eigenvalue weighted by Gasteiger charge is -2.33. The average Bonchev–Trinajstić information content (AvgIpc) is 3.05. The molecule has 7 heteroatoms. The second kappa shape index (κ2) is 11.8. The molecule has 0 bridgehead atoms. The van der Waals surface area contributed by atoms with E-state index < -0.39 is 0 Å². The smallest absolute Gasteiger partial charge is 0.305 e. The van der Waals surface area contributed by atoms with Crippen molar-refractivity contribution in [3.8, 4) is 0 Å². The molecule has 1 fully saturated rings. The van der Waals surface area contributed by atoms with Crippen LogP contribution in [0.2, 0.25) is 0 Å². The number of halogens is 2. The van der Waals surface area contributed by atoms with Crippen molar-refractivity contribution in [1.29, 1.82) is 0 Å². The maximum absolute atomic E-state index is 14.3. The van der Waals surface area contributed by atoms with Crippen molar-refractivity contribution in [2.24, 2.45) is 5.92 Å². The van der Waals surface area contributed by atoms with Gasteiger partial charge in [0.15, 0.2) is 0 Å². The number of ether oxygens (including phenoxy) is 1. The number of nitrogens with zero attached hydrogens (tertiary/aromatic N) is 2. The van der Waals surface area contributed by atoms with E-state index in [1.54, 1.807) is 30.0 Å². The van der Waals surface area contributed by atoms with Crippen LogP contribution in [0.25, 0.3) is 0 Å². The number of anilines is 1. The molecule has 2 aromatic rings. The summed E-state index contributed by atoms with van der Waals surface area (Å²) in [6, 6.07) is 11.1. The van der Waals surface area contributed by atoms with Gasteiger partial charge < -0.3 is 9.64 Å². The van der Waals surface area contributed by atoms with Gasteiger partial charge in [0.1, 0.15) is 11.6 Å². The summed E-state index contributed by atoms with van der Waals surface area (Å²) in [6.45, 7) is 4.72. The highest BCUT2D eigenvalue weighted by atomic mass is 19.1. The highest BCUT2D eigenvalue weighted by molar-refractivity contribution is 5.96. The molecule has 35 heavy (non-hydrogen) atoms. The van der Waals surface area contributed by atoms with Crippen molar-refractivity contribution in [2.45, 2.75) is 51.4 Å². The predicted molar refractivity (Wildman–Crippen MR) is 131 cm³/mol. The molecule has 2 heterocycles. The van der Waals surface area contributed by atoms with Crippen LogP contribution in [0.15, 0.2) is 42.5 Å². The first-order valence-electron chi connectivity index (χ1n) is 12.7. The average molecular weight is 485 g/mol. The highest BCUT2D eigenvalue weighted by Gasteiger charge is 2.29. The Morgan fingerprint density at radius 3 is 2.40 bits per heavy atom. The number of fused-ring (bicyclic) bond motifs is 1. The summed E-state index contributed by atoms with van der Waals surface area (Å²) >= 11 is 0. The molecule has 2 aliphatic heterocycles. The Morgan fingerprint density at radius 1 is 0.971 bits per heavy atom. The van der Waals surface area contributed by atoms with E-state index in [2.05, 4.69) is 4.90 Å². The summed E-state index contributed by atoms with van der Waals surface area (Å²) in [5.41, 5.74) is 2.50. The number of benzene rings is 2. The third-order valence-electron chi connectivity index (χ3n) is 7.25. The fourth-order valence-electron chi connectivity index (χ4n) is 5.23. The van der Waals surface area contributed by atoms with Crippen molar-refractivity contribution >= 4 is 17.6 Å². The summed E-state index contributed by atoms with van der Waals surface area (Å²) < 4.78 is 33.0. The minimum atomic E-state index is -0.370. The molecule has 1 amide bonds. The van der Waals surface area contributed by atoms with Gasteiger partial charge in [-0.15, -0.1) is 0 Å². The van der Waals surface area contributed by atoms with Gasteiger partial charge in [-0.2, -0.15) is 0 Å². The van der Waals surface area contributed by atoms with Gasteiger partial charge in [0.25, 0.3) is 0 Å². The number of carbonyl (C=O) groups excluding carboxylic acids is 2. The molecule has 2 aliphatic rings. The first-order chi connectivity index (χ1) is 16.9. The van der Waals surface area contributed by atoms with Crippen molar-refractivity contribution in [3.05, 3.63) is 65.2 Å². The Bertz CT molecular complexity index is 1020. The van der Waals surface area contributed by atoms with Gasteiger partial charge in [0.2, 0.25) is 5.91 Å². The highest BCUT2D eigenvalue weighted by Crippen LogP contribution is 2.39. The van der Waals surface area contributed by atoms with Crippen LogP contribution in [0, 0.1) is 17.6 Å². The summed E-state index contributed by atoms with van der Waals surface area (Å²) in [4.78, 5) is 28.6.